The van der Waals surface area contributed by atoms with E-state index in [4.69, 9.17) is 0 Å². The molecule has 2 nitrogen and oxygen atoms in total. The highest BCUT2D eigenvalue weighted by atomic mass is 127. The largest absolute Gasteiger partial charge is 0.380 e. The van der Waals surface area contributed by atoms with Crippen molar-refractivity contribution in [3.05, 3.63) is 27.6 Å². The van der Waals surface area contributed by atoms with E-state index >= 15 is 0 Å². The highest BCUT2D eigenvalue weighted by Crippen LogP contribution is 2.31. The quantitative estimate of drug-likeness (QED) is 0.847. The molecule has 0 spiro atoms. The summed E-state index contributed by atoms with van der Waals surface area (Å²) < 4.78 is 14.0. The Hall–Kier alpha value is -0.360. The molecule has 1 N–H and O–H groups in total. The number of benzene rings is 1. The Labute approximate surface area is 115 Å². The van der Waals surface area contributed by atoms with E-state index in [9.17, 15) is 4.39 Å². The monoisotopic (exact) mass is 346 g/mol. The van der Waals surface area contributed by atoms with Crippen LogP contribution in [0.2, 0.25) is 0 Å². The minimum atomic E-state index is -0.161. The van der Waals surface area contributed by atoms with E-state index in [1.54, 1.807) is 6.07 Å². The van der Waals surface area contributed by atoms with Gasteiger partial charge >= 0.3 is 0 Å². The maximum absolute atomic E-state index is 13.0. The first-order valence-electron chi connectivity index (χ1n) is 6.18. The number of rotatable bonds is 3. The second-order valence-electron chi connectivity index (χ2n) is 4.98. The van der Waals surface area contributed by atoms with Crippen LogP contribution in [-0.4, -0.2) is 30.1 Å². The van der Waals surface area contributed by atoms with Gasteiger partial charge in [-0.1, -0.05) is 0 Å². The lowest BCUT2D eigenvalue weighted by Gasteiger charge is -2.17. The van der Waals surface area contributed by atoms with Crippen LogP contribution >= 0.6 is 22.6 Å². The van der Waals surface area contributed by atoms with Gasteiger partial charge in [0, 0.05) is 34.4 Å². The first kappa shape index (κ1) is 11.7. The summed E-state index contributed by atoms with van der Waals surface area (Å²) >= 11 is 2.19. The van der Waals surface area contributed by atoms with Crippen LogP contribution in [0.25, 0.3) is 0 Å². The van der Waals surface area contributed by atoms with E-state index < -0.39 is 0 Å². The number of halogens is 2. The van der Waals surface area contributed by atoms with Gasteiger partial charge in [-0.05, 0) is 60.1 Å². The number of anilines is 1. The highest BCUT2D eigenvalue weighted by molar-refractivity contribution is 14.1. The fourth-order valence-corrected chi connectivity index (χ4v) is 3.14. The van der Waals surface area contributed by atoms with Crippen molar-refractivity contribution in [2.24, 2.45) is 0 Å². The second kappa shape index (κ2) is 4.72. The normalized spacial score (nSPS) is 25.2. The molecule has 2 aliphatic rings. The third-order valence-electron chi connectivity index (χ3n) is 3.57. The lowest BCUT2D eigenvalue weighted by molar-refractivity contribution is 0.326. The van der Waals surface area contributed by atoms with E-state index in [0.29, 0.717) is 6.04 Å². The lowest BCUT2D eigenvalue weighted by Crippen LogP contribution is -2.27. The maximum Gasteiger partial charge on any atom is 0.124 e. The Bertz CT molecular complexity index is 420. The van der Waals surface area contributed by atoms with Gasteiger partial charge in [-0.25, -0.2) is 4.39 Å². The van der Waals surface area contributed by atoms with Gasteiger partial charge in [0.15, 0.2) is 0 Å². The highest BCUT2D eigenvalue weighted by Gasteiger charge is 2.34. The molecule has 1 saturated carbocycles. The smallest absolute Gasteiger partial charge is 0.124 e. The summed E-state index contributed by atoms with van der Waals surface area (Å²) in [4.78, 5) is 2.58. The molecule has 2 fully saturated rings. The zero-order valence-electron chi connectivity index (χ0n) is 9.63. The fourth-order valence-electron chi connectivity index (χ4n) is 2.50. The van der Waals surface area contributed by atoms with Gasteiger partial charge in [-0.3, -0.25) is 4.90 Å². The maximum atomic E-state index is 13.0. The summed E-state index contributed by atoms with van der Waals surface area (Å²) in [5, 5.41) is 3.53. The Kier molecular flexibility index (Phi) is 3.25. The van der Waals surface area contributed by atoms with Gasteiger partial charge in [-0.2, -0.15) is 0 Å². The molecule has 4 heteroatoms. The summed E-state index contributed by atoms with van der Waals surface area (Å²) in [6, 6.07) is 6.33. The summed E-state index contributed by atoms with van der Waals surface area (Å²) in [5.74, 6) is -0.161. The van der Waals surface area contributed by atoms with Crippen LogP contribution in [0, 0.1) is 9.39 Å². The molecule has 1 aromatic carbocycles. The van der Waals surface area contributed by atoms with Crippen molar-refractivity contribution in [3.63, 3.8) is 0 Å². The molecule has 17 heavy (non-hydrogen) atoms. The SMILES string of the molecule is Fc1ccc(NC2CCN(C3CC3)C2)c(I)c1. The Morgan fingerprint density at radius 3 is 2.82 bits per heavy atom. The van der Waals surface area contributed by atoms with Crippen LogP contribution in [0.4, 0.5) is 10.1 Å². The molecule has 3 rings (SSSR count). The molecular weight excluding hydrogens is 330 g/mol. The van der Waals surface area contributed by atoms with Crippen molar-refractivity contribution in [1.29, 1.82) is 0 Å². The number of likely N-dealkylation sites (tertiary alicyclic amines) is 1. The summed E-state index contributed by atoms with van der Waals surface area (Å²) in [6.07, 6.45) is 3.95. The first-order valence-corrected chi connectivity index (χ1v) is 7.26. The zero-order chi connectivity index (χ0) is 11.8. The Morgan fingerprint density at radius 1 is 1.29 bits per heavy atom. The third-order valence-corrected chi connectivity index (χ3v) is 4.47. The van der Waals surface area contributed by atoms with Gasteiger partial charge in [0.25, 0.3) is 0 Å². The molecule has 1 aliphatic heterocycles. The number of nitrogens with one attached hydrogen (secondary N) is 1. The molecule has 1 unspecified atom stereocenters. The van der Waals surface area contributed by atoms with E-state index in [0.717, 1.165) is 21.8 Å². The molecule has 0 radical (unpaired) electrons. The molecule has 1 saturated heterocycles. The third kappa shape index (κ3) is 2.73. The average Bonchev–Trinajstić information content (AvgIpc) is 3.04. The Balaban J connectivity index is 1.63. The molecule has 1 aliphatic carbocycles. The molecule has 92 valence electrons. The van der Waals surface area contributed by atoms with Gasteiger partial charge in [0.05, 0.1) is 0 Å². The summed E-state index contributed by atoms with van der Waals surface area (Å²) in [6.45, 7) is 2.35. The van der Waals surface area contributed by atoms with Crippen molar-refractivity contribution >= 4 is 28.3 Å². The molecule has 0 bridgehead atoms. The molecule has 0 amide bonds. The molecule has 1 heterocycles. The van der Waals surface area contributed by atoms with Crippen LogP contribution in [0.15, 0.2) is 18.2 Å². The number of hydrogen-bond acceptors (Lipinski definition) is 2. The lowest BCUT2D eigenvalue weighted by atomic mass is 10.2. The van der Waals surface area contributed by atoms with Gasteiger partial charge in [0.1, 0.15) is 5.82 Å². The first-order chi connectivity index (χ1) is 8.22. The minimum Gasteiger partial charge on any atom is -0.380 e. The molecule has 1 aromatic rings. The van der Waals surface area contributed by atoms with E-state index in [-0.39, 0.29) is 5.82 Å². The van der Waals surface area contributed by atoms with Crippen LogP contribution in [0.3, 0.4) is 0 Å². The van der Waals surface area contributed by atoms with Crippen LogP contribution in [0.1, 0.15) is 19.3 Å². The van der Waals surface area contributed by atoms with Crippen molar-refractivity contribution in [2.45, 2.75) is 31.3 Å². The van der Waals surface area contributed by atoms with E-state index in [1.807, 2.05) is 6.07 Å². The predicted octanol–water partition coefficient (Wildman–Crippen LogP) is 3.08. The second-order valence-corrected chi connectivity index (χ2v) is 6.14. The van der Waals surface area contributed by atoms with Crippen LogP contribution < -0.4 is 5.32 Å². The van der Waals surface area contributed by atoms with Crippen molar-refractivity contribution in [2.75, 3.05) is 18.4 Å². The predicted molar refractivity (Wildman–Crippen MR) is 75.7 cm³/mol. The minimum absolute atomic E-state index is 0.161. The van der Waals surface area contributed by atoms with Crippen LogP contribution in [-0.2, 0) is 0 Å². The van der Waals surface area contributed by atoms with Gasteiger partial charge in [0.2, 0.25) is 0 Å². The van der Waals surface area contributed by atoms with Crippen LogP contribution in [0.5, 0.6) is 0 Å². The Morgan fingerprint density at radius 2 is 2.12 bits per heavy atom. The van der Waals surface area contributed by atoms with Gasteiger partial charge in [-0.15, -0.1) is 0 Å². The van der Waals surface area contributed by atoms with E-state index in [1.165, 1.54) is 31.9 Å². The average molecular weight is 346 g/mol. The van der Waals surface area contributed by atoms with E-state index in [2.05, 4.69) is 32.8 Å². The van der Waals surface area contributed by atoms with Gasteiger partial charge < -0.3 is 5.32 Å². The molecule has 1 atom stereocenters. The van der Waals surface area contributed by atoms with Crippen molar-refractivity contribution in [1.82, 2.24) is 4.90 Å². The zero-order valence-corrected chi connectivity index (χ0v) is 11.8. The number of nitrogens with zero attached hydrogens (tertiary/aromatic N) is 1. The topological polar surface area (TPSA) is 15.3 Å². The van der Waals surface area contributed by atoms with Crippen molar-refractivity contribution in [3.8, 4) is 0 Å². The number of hydrogen-bond donors (Lipinski definition) is 1. The molecule has 0 aromatic heterocycles. The standard InChI is InChI=1S/C13H16FIN2/c14-9-1-4-13(12(15)7-9)16-10-5-6-17(8-10)11-2-3-11/h1,4,7,10-11,16H,2-3,5-6,8H2. The summed E-state index contributed by atoms with van der Waals surface area (Å²) in [7, 11) is 0. The van der Waals surface area contributed by atoms with Crippen molar-refractivity contribution < 1.29 is 4.39 Å². The fraction of sp³-hybridized carbons (Fsp3) is 0.538. The summed E-state index contributed by atoms with van der Waals surface area (Å²) in [5.41, 5.74) is 1.06. The molecular formula is C13H16FIN2.